The quantitative estimate of drug-likeness (QED) is 0.765. The first kappa shape index (κ1) is 11.7. The molecule has 0 unspecified atom stereocenters. The predicted octanol–water partition coefficient (Wildman–Crippen LogP) is 1.41. The Labute approximate surface area is 91.8 Å². The Balaban J connectivity index is 2.95. The van der Waals surface area contributed by atoms with Gasteiger partial charge in [0.1, 0.15) is 5.69 Å². The fourth-order valence-electron chi connectivity index (χ4n) is 0.784. The molecule has 5 nitrogen and oxygen atoms in total. The first-order valence-corrected chi connectivity index (χ1v) is 4.75. The zero-order valence-electron chi connectivity index (χ0n) is 8.72. The van der Waals surface area contributed by atoms with Crippen LogP contribution in [0.5, 0.6) is 0 Å². The number of H-pyrrole nitrogens is 1. The van der Waals surface area contributed by atoms with Crippen LogP contribution in [0.25, 0.3) is 0 Å². The fraction of sp³-hybridized carbons (Fsp3) is 0.444. The zero-order chi connectivity index (χ0) is 11.6. The van der Waals surface area contributed by atoms with Crippen LogP contribution >= 0.6 is 11.6 Å². The third-order valence-corrected chi connectivity index (χ3v) is 1.90. The minimum Gasteiger partial charge on any atom is -0.321 e. The van der Waals surface area contributed by atoms with Crippen molar-refractivity contribution < 1.29 is 4.79 Å². The van der Waals surface area contributed by atoms with E-state index in [4.69, 9.17) is 11.6 Å². The molecule has 0 bridgehead atoms. The Morgan fingerprint density at radius 2 is 2.13 bits per heavy atom. The minimum atomic E-state index is -0.567. The molecular formula is C9H12ClN3O2. The average molecular weight is 230 g/mol. The highest BCUT2D eigenvalue weighted by Crippen LogP contribution is 2.16. The number of halogens is 1. The lowest BCUT2D eigenvalue weighted by Crippen LogP contribution is -2.30. The van der Waals surface area contributed by atoms with Crippen molar-refractivity contribution in [3.8, 4) is 0 Å². The van der Waals surface area contributed by atoms with Gasteiger partial charge in [-0.25, -0.2) is 5.10 Å². The molecule has 0 aliphatic rings. The number of hydrogen-bond acceptors (Lipinski definition) is 3. The number of carbonyl (C=O) groups is 1. The summed E-state index contributed by atoms with van der Waals surface area (Å²) < 4.78 is 0. The Bertz CT molecular complexity index is 434. The van der Waals surface area contributed by atoms with Gasteiger partial charge in [0.2, 0.25) is 5.91 Å². The van der Waals surface area contributed by atoms with Crippen LogP contribution in [0.1, 0.15) is 20.8 Å². The SMILES string of the molecule is CC(C)(C)C(=O)Nc1cc(Cl)n[nH]c1=O. The van der Waals surface area contributed by atoms with E-state index in [9.17, 15) is 9.59 Å². The van der Waals surface area contributed by atoms with E-state index >= 15 is 0 Å². The van der Waals surface area contributed by atoms with Gasteiger partial charge in [-0.2, -0.15) is 5.10 Å². The van der Waals surface area contributed by atoms with Gasteiger partial charge in [0, 0.05) is 11.5 Å². The molecule has 1 aromatic heterocycles. The van der Waals surface area contributed by atoms with Gasteiger partial charge < -0.3 is 5.32 Å². The molecule has 0 radical (unpaired) electrons. The number of anilines is 1. The van der Waals surface area contributed by atoms with Crippen LogP contribution < -0.4 is 10.9 Å². The molecule has 82 valence electrons. The average Bonchev–Trinajstić information content (AvgIpc) is 2.09. The van der Waals surface area contributed by atoms with Crippen molar-refractivity contribution in [1.29, 1.82) is 0 Å². The molecule has 0 spiro atoms. The number of rotatable bonds is 1. The number of amides is 1. The monoisotopic (exact) mass is 229 g/mol. The molecule has 0 saturated heterocycles. The smallest absolute Gasteiger partial charge is 0.288 e. The van der Waals surface area contributed by atoms with E-state index in [-0.39, 0.29) is 16.7 Å². The van der Waals surface area contributed by atoms with E-state index in [2.05, 4.69) is 15.5 Å². The Kier molecular flexibility index (Phi) is 3.14. The summed E-state index contributed by atoms with van der Waals surface area (Å²) in [5, 5.41) is 8.27. The second-order valence-electron chi connectivity index (χ2n) is 4.14. The van der Waals surface area contributed by atoms with Crippen LogP contribution in [0.2, 0.25) is 5.15 Å². The van der Waals surface area contributed by atoms with E-state index in [1.165, 1.54) is 6.07 Å². The van der Waals surface area contributed by atoms with Gasteiger partial charge in [0.05, 0.1) is 0 Å². The van der Waals surface area contributed by atoms with E-state index in [0.29, 0.717) is 0 Å². The molecule has 15 heavy (non-hydrogen) atoms. The van der Waals surface area contributed by atoms with Crippen molar-refractivity contribution in [3.63, 3.8) is 0 Å². The summed E-state index contributed by atoms with van der Waals surface area (Å²) in [6, 6.07) is 1.31. The maximum Gasteiger partial charge on any atom is 0.288 e. The second kappa shape index (κ2) is 4.02. The third kappa shape index (κ3) is 3.06. The molecule has 6 heteroatoms. The van der Waals surface area contributed by atoms with Crippen LogP contribution in [0, 0.1) is 5.41 Å². The van der Waals surface area contributed by atoms with Crippen LogP contribution in [0.15, 0.2) is 10.9 Å². The summed E-state index contributed by atoms with van der Waals surface area (Å²) in [6.45, 7) is 5.25. The highest BCUT2D eigenvalue weighted by Gasteiger charge is 2.22. The first-order valence-electron chi connectivity index (χ1n) is 4.37. The van der Waals surface area contributed by atoms with Gasteiger partial charge in [-0.1, -0.05) is 32.4 Å². The summed E-state index contributed by atoms with van der Waals surface area (Å²) in [5.41, 5.74) is -0.936. The summed E-state index contributed by atoms with van der Waals surface area (Å²) in [7, 11) is 0. The maximum atomic E-state index is 11.6. The summed E-state index contributed by atoms with van der Waals surface area (Å²) in [4.78, 5) is 22.8. The normalized spacial score (nSPS) is 11.2. The van der Waals surface area contributed by atoms with E-state index in [0.717, 1.165) is 0 Å². The Hall–Kier alpha value is -1.36. The lowest BCUT2D eigenvalue weighted by atomic mass is 9.96. The van der Waals surface area contributed by atoms with Gasteiger partial charge in [-0.3, -0.25) is 9.59 Å². The first-order chi connectivity index (χ1) is 6.80. The van der Waals surface area contributed by atoms with Crippen LogP contribution in [-0.2, 0) is 4.79 Å². The molecular weight excluding hydrogens is 218 g/mol. The number of aromatic amines is 1. The van der Waals surface area contributed by atoms with Crippen LogP contribution in [-0.4, -0.2) is 16.1 Å². The molecule has 1 rings (SSSR count). The maximum absolute atomic E-state index is 11.6. The Morgan fingerprint density at radius 3 is 2.67 bits per heavy atom. The summed E-state index contributed by atoms with van der Waals surface area (Å²) in [5.74, 6) is -0.254. The summed E-state index contributed by atoms with van der Waals surface area (Å²) >= 11 is 5.58. The van der Waals surface area contributed by atoms with Crippen molar-refractivity contribution in [2.75, 3.05) is 5.32 Å². The highest BCUT2D eigenvalue weighted by atomic mass is 35.5. The molecule has 0 aliphatic heterocycles. The fourth-order valence-corrected chi connectivity index (χ4v) is 0.935. The number of aromatic nitrogens is 2. The molecule has 0 aromatic carbocycles. The molecule has 1 aromatic rings. The minimum absolute atomic E-state index is 0.106. The molecule has 0 aliphatic carbocycles. The van der Waals surface area contributed by atoms with E-state index < -0.39 is 11.0 Å². The molecule has 1 amide bonds. The molecule has 0 fully saturated rings. The molecule has 0 atom stereocenters. The van der Waals surface area contributed by atoms with E-state index in [1.54, 1.807) is 20.8 Å². The van der Waals surface area contributed by atoms with Gasteiger partial charge >= 0.3 is 0 Å². The number of nitrogens with zero attached hydrogens (tertiary/aromatic N) is 1. The third-order valence-electron chi connectivity index (χ3n) is 1.70. The Morgan fingerprint density at radius 1 is 1.53 bits per heavy atom. The molecule has 1 heterocycles. The second-order valence-corrected chi connectivity index (χ2v) is 4.52. The van der Waals surface area contributed by atoms with Gasteiger partial charge in [-0.15, -0.1) is 0 Å². The zero-order valence-corrected chi connectivity index (χ0v) is 9.47. The van der Waals surface area contributed by atoms with E-state index in [1.807, 2.05) is 0 Å². The van der Waals surface area contributed by atoms with Crippen molar-refractivity contribution in [2.45, 2.75) is 20.8 Å². The molecule has 0 saturated carbocycles. The van der Waals surface area contributed by atoms with Crippen molar-refractivity contribution in [1.82, 2.24) is 10.2 Å². The highest BCUT2D eigenvalue weighted by molar-refractivity contribution is 6.29. The van der Waals surface area contributed by atoms with Gasteiger partial charge in [-0.05, 0) is 0 Å². The van der Waals surface area contributed by atoms with Crippen molar-refractivity contribution >= 4 is 23.2 Å². The van der Waals surface area contributed by atoms with Crippen molar-refractivity contribution in [2.24, 2.45) is 5.41 Å². The number of hydrogen-bond donors (Lipinski definition) is 2. The largest absolute Gasteiger partial charge is 0.321 e. The lowest BCUT2D eigenvalue weighted by molar-refractivity contribution is -0.123. The van der Waals surface area contributed by atoms with Crippen LogP contribution in [0.3, 0.4) is 0 Å². The number of nitrogens with one attached hydrogen (secondary N) is 2. The lowest BCUT2D eigenvalue weighted by Gasteiger charge is -2.16. The number of carbonyl (C=O) groups excluding carboxylic acids is 1. The molecule has 2 N–H and O–H groups in total. The predicted molar refractivity (Wildman–Crippen MR) is 58.0 cm³/mol. The standard InChI is InChI=1S/C9H12ClN3O2/c1-9(2,3)8(15)11-5-4-6(10)12-13-7(5)14/h4H,1-3H3,(H,13,14)(H,11,12,15). The van der Waals surface area contributed by atoms with Gasteiger partial charge in [0.15, 0.2) is 5.15 Å². The van der Waals surface area contributed by atoms with Gasteiger partial charge in [0.25, 0.3) is 5.56 Å². The van der Waals surface area contributed by atoms with Crippen LogP contribution in [0.4, 0.5) is 5.69 Å². The van der Waals surface area contributed by atoms with Crippen molar-refractivity contribution in [3.05, 3.63) is 21.6 Å². The topological polar surface area (TPSA) is 74.8 Å². The summed E-state index contributed by atoms with van der Waals surface area (Å²) in [6.07, 6.45) is 0.